The van der Waals surface area contributed by atoms with Crippen LogP contribution in [-0.2, 0) is 9.59 Å². The first-order chi connectivity index (χ1) is 15.5. The third kappa shape index (κ3) is 4.33. The van der Waals surface area contributed by atoms with Crippen LogP contribution in [0.3, 0.4) is 0 Å². The van der Waals surface area contributed by atoms with Crippen LogP contribution in [0.2, 0.25) is 0 Å². The summed E-state index contributed by atoms with van der Waals surface area (Å²) in [7, 11) is 1.52. The van der Waals surface area contributed by atoms with Crippen molar-refractivity contribution < 1.29 is 19.1 Å². The monoisotopic (exact) mass is 435 g/mol. The van der Waals surface area contributed by atoms with Crippen molar-refractivity contribution in [2.24, 2.45) is 0 Å². The molecular formula is C25H29N3O4. The molecule has 0 spiro atoms. The summed E-state index contributed by atoms with van der Waals surface area (Å²) in [6, 6.07) is 13.4. The highest BCUT2D eigenvalue weighted by atomic mass is 16.5. The van der Waals surface area contributed by atoms with Crippen LogP contribution in [0.1, 0.15) is 48.0 Å². The first-order valence-electron chi connectivity index (χ1n) is 11.1. The van der Waals surface area contributed by atoms with Gasteiger partial charge in [-0.1, -0.05) is 43.2 Å². The second kappa shape index (κ2) is 9.42. The van der Waals surface area contributed by atoms with E-state index in [-0.39, 0.29) is 36.2 Å². The van der Waals surface area contributed by atoms with Gasteiger partial charge < -0.3 is 20.3 Å². The number of methoxy groups -OCH3 is 1. The highest BCUT2D eigenvalue weighted by molar-refractivity contribution is 6.03. The highest BCUT2D eigenvalue weighted by Crippen LogP contribution is 2.32. The number of ether oxygens (including phenoxy) is 1. The number of carbonyl (C=O) groups excluding carboxylic acids is 3. The normalized spacial score (nSPS) is 22.5. The summed E-state index contributed by atoms with van der Waals surface area (Å²) >= 11 is 0. The van der Waals surface area contributed by atoms with Gasteiger partial charge in [0.05, 0.1) is 25.1 Å². The Morgan fingerprint density at radius 3 is 2.59 bits per heavy atom. The molecule has 0 radical (unpaired) electrons. The highest BCUT2D eigenvalue weighted by Gasteiger charge is 2.46. The molecule has 1 saturated heterocycles. The number of benzene rings is 2. The molecular weight excluding hydrogens is 406 g/mol. The predicted molar refractivity (Wildman–Crippen MR) is 122 cm³/mol. The molecule has 7 heteroatoms. The Labute approximate surface area is 188 Å². The van der Waals surface area contributed by atoms with Crippen LogP contribution in [0, 0.1) is 6.92 Å². The number of para-hydroxylation sites is 2. The predicted octanol–water partition coefficient (Wildman–Crippen LogP) is 3.28. The molecule has 7 nitrogen and oxygen atoms in total. The Morgan fingerprint density at radius 1 is 1.09 bits per heavy atom. The molecule has 2 aromatic carbocycles. The van der Waals surface area contributed by atoms with E-state index in [9.17, 15) is 14.4 Å². The lowest BCUT2D eigenvalue weighted by Crippen LogP contribution is -2.68. The summed E-state index contributed by atoms with van der Waals surface area (Å²) in [6.45, 7) is 1.91. The zero-order chi connectivity index (χ0) is 22.7. The molecule has 32 heavy (non-hydrogen) atoms. The van der Waals surface area contributed by atoms with Gasteiger partial charge in [0.15, 0.2) is 0 Å². The number of carbonyl (C=O) groups is 3. The van der Waals surface area contributed by atoms with Crippen molar-refractivity contribution in [3.05, 3.63) is 59.7 Å². The lowest BCUT2D eigenvalue weighted by Gasteiger charge is -2.48. The lowest BCUT2D eigenvalue weighted by molar-refractivity contribution is -0.135. The van der Waals surface area contributed by atoms with E-state index in [1.54, 1.807) is 29.2 Å². The number of hydrogen-bond acceptors (Lipinski definition) is 4. The van der Waals surface area contributed by atoms with Gasteiger partial charge in [-0.25, -0.2) is 0 Å². The van der Waals surface area contributed by atoms with Crippen LogP contribution in [-0.4, -0.2) is 47.9 Å². The maximum absolute atomic E-state index is 13.7. The largest absolute Gasteiger partial charge is 0.496 e. The minimum absolute atomic E-state index is 0.0920. The van der Waals surface area contributed by atoms with Crippen molar-refractivity contribution in [2.45, 2.75) is 57.2 Å². The fourth-order valence-corrected chi connectivity index (χ4v) is 4.78. The van der Waals surface area contributed by atoms with Gasteiger partial charge in [-0.15, -0.1) is 0 Å². The van der Waals surface area contributed by atoms with Crippen LogP contribution < -0.4 is 15.4 Å². The van der Waals surface area contributed by atoms with Gasteiger partial charge in [-0.05, 0) is 43.5 Å². The summed E-state index contributed by atoms with van der Waals surface area (Å²) < 4.78 is 5.40. The van der Waals surface area contributed by atoms with E-state index in [0.29, 0.717) is 17.0 Å². The van der Waals surface area contributed by atoms with Crippen molar-refractivity contribution in [1.82, 2.24) is 10.2 Å². The molecule has 0 bridgehead atoms. The maximum Gasteiger partial charge on any atom is 0.258 e. The van der Waals surface area contributed by atoms with Crippen LogP contribution in [0.4, 0.5) is 5.69 Å². The Hall–Kier alpha value is -3.35. The van der Waals surface area contributed by atoms with E-state index in [1.807, 2.05) is 31.2 Å². The molecule has 4 rings (SSSR count). The van der Waals surface area contributed by atoms with E-state index in [2.05, 4.69) is 10.6 Å². The van der Waals surface area contributed by atoms with E-state index < -0.39 is 6.04 Å². The zero-order valence-electron chi connectivity index (χ0n) is 18.5. The van der Waals surface area contributed by atoms with Gasteiger partial charge in [-0.3, -0.25) is 14.4 Å². The van der Waals surface area contributed by atoms with E-state index in [4.69, 9.17) is 4.74 Å². The second-order valence-corrected chi connectivity index (χ2v) is 8.46. The second-order valence-electron chi connectivity index (χ2n) is 8.46. The van der Waals surface area contributed by atoms with Gasteiger partial charge in [0, 0.05) is 11.7 Å². The van der Waals surface area contributed by atoms with Crippen LogP contribution in [0.5, 0.6) is 5.75 Å². The molecule has 1 heterocycles. The van der Waals surface area contributed by atoms with Crippen molar-refractivity contribution in [3.63, 3.8) is 0 Å². The molecule has 168 valence electrons. The van der Waals surface area contributed by atoms with Crippen molar-refractivity contribution in [3.8, 4) is 5.75 Å². The van der Waals surface area contributed by atoms with Crippen LogP contribution >= 0.6 is 0 Å². The van der Waals surface area contributed by atoms with E-state index in [1.165, 1.54) is 7.11 Å². The molecule has 2 fully saturated rings. The van der Waals surface area contributed by atoms with Gasteiger partial charge in [0.2, 0.25) is 11.8 Å². The van der Waals surface area contributed by atoms with Crippen LogP contribution in [0.15, 0.2) is 48.5 Å². The third-order valence-corrected chi connectivity index (χ3v) is 6.42. The summed E-state index contributed by atoms with van der Waals surface area (Å²) in [5, 5.41) is 5.96. The number of piperazine rings is 1. The minimum Gasteiger partial charge on any atom is -0.496 e. The zero-order valence-corrected chi connectivity index (χ0v) is 18.5. The number of fused-ring (bicyclic) bond motifs is 1. The first-order valence-corrected chi connectivity index (χ1v) is 11.1. The maximum atomic E-state index is 13.7. The quantitative estimate of drug-likeness (QED) is 0.755. The Kier molecular flexibility index (Phi) is 6.44. The number of anilines is 1. The Morgan fingerprint density at radius 2 is 1.81 bits per heavy atom. The summed E-state index contributed by atoms with van der Waals surface area (Å²) in [6.07, 6.45) is 3.51. The number of rotatable bonds is 5. The van der Waals surface area contributed by atoms with Gasteiger partial charge in [0.1, 0.15) is 11.8 Å². The number of aryl methyl sites for hydroxylation is 1. The molecule has 0 unspecified atom stereocenters. The third-order valence-electron chi connectivity index (χ3n) is 6.42. The van der Waals surface area contributed by atoms with Crippen molar-refractivity contribution >= 4 is 23.4 Å². The number of nitrogens with one attached hydrogen (secondary N) is 2. The Bertz CT molecular complexity index is 1020. The molecule has 1 saturated carbocycles. The smallest absolute Gasteiger partial charge is 0.258 e. The molecule has 2 aliphatic rings. The lowest BCUT2D eigenvalue weighted by atomic mass is 9.84. The Balaban J connectivity index is 1.63. The standard InChI is InChI=1S/C25H29N3O4/c1-16-9-3-5-11-18(16)26-23(29)15-21-24(30)27-19-12-6-7-13-20(19)28(21)25(31)17-10-4-8-14-22(17)32-2/h3-5,8-11,14,19-21H,6-7,12-13,15H2,1-2H3,(H,26,29)(H,27,30)/t19-,20+,21-/m1/s1. The average molecular weight is 436 g/mol. The molecule has 2 aromatic rings. The van der Waals surface area contributed by atoms with E-state index in [0.717, 1.165) is 31.2 Å². The topological polar surface area (TPSA) is 87.7 Å². The van der Waals surface area contributed by atoms with Crippen LogP contribution in [0.25, 0.3) is 0 Å². The number of nitrogens with zero attached hydrogens (tertiary/aromatic N) is 1. The van der Waals surface area contributed by atoms with Gasteiger partial charge in [-0.2, -0.15) is 0 Å². The van der Waals surface area contributed by atoms with E-state index >= 15 is 0 Å². The molecule has 3 atom stereocenters. The SMILES string of the molecule is COc1ccccc1C(=O)N1[C@H](CC(=O)Nc2ccccc2C)C(=O)N[C@@H]2CCCC[C@@H]21. The first kappa shape index (κ1) is 21.9. The molecule has 0 aromatic heterocycles. The summed E-state index contributed by atoms with van der Waals surface area (Å²) in [4.78, 5) is 41.4. The molecule has 1 aliphatic heterocycles. The summed E-state index contributed by atoms with van der Waals surface area (Å²) in [5.41, 5.74) is 2.04. The van der Waals surface area contributed by atoms with Gasteiger partial charge >= 0.3 is 0 Å². The fourth-order valence-electron chi connectivity index (χ4n) is 4.78. The molecule has 2 N–H and O–H groups in total. The molecule has 3 amide bonds. The molecule has 1 aliphatic carbocycles. The van der Waals surface area contributed by atoms with Gasteiger partial charge in [0.25, 0.3) is 5.91 Å². The summed E-state index contributed by atoms with van der Waals surface area (Å²) in [5.74, 6) is -0.398. The fraction of sp³-hybridized carbons (Fsp3) is 0.400. The van der Waals surface area contributed by atoms with Crippen molar-refractivity contribution in [1.29, 1.82) is 0 Å². The minimum atomic E-state index is -0.879. The average Bonchev–Trinajstić information content (AvgIpc) is 2.80. The number of amides is 3. The van der Waals surface area contributed by atoms with Crippen molar-refractivity contribution in [2.75, 3.05) is 12.4 Å². The number of hydrogen-bond donors (Lipinski definition) is 2.